The van der Waals surface area contributed by atoms with Gasteiger partial charge in [0.2, 0.25) is 15.9 Å². The Hall–Kier alpha value is -2.34. The van der Waals surface area contributed by atoms with E-state index in [2.05, 4.69) is 36.5 Å². The van der Waals surface area contributed by atoms with E-state index in [1.165, 1.54) is 15.4 Å². The predicted octanol–water partition coefficient (Wildman–Crippen LogP) is 3.89. The minimum Gasteiger partial charge on any atom is -0.326 e. The van der Waals surface area contributed by atoms with Crippen LogP contribution in [-0.4, -0.2) is 26.6 Å². The molecule has 1 aliphatic rings. The van der Waals surface area contributed by atoms with Gasteiger partial charge in [-0.25, -0.2) is 8.42 Å². The van der Waals surface area contributed by atoms with Gasteiger partial charge < -0.3 is 5.32 Å². The van der Waals surface area contributed by atoms with Gasteiger partial charge in [0.25, 0.3) is 0 Å². The zero-order chi connectivity index (χ0) is 19.3. The summed E-state index contributed by atoms with van der Waals surface area (Å²) in [5.74, 6) is 0.174. The van der Waals surface area contributed by atoms with Gasteiger partial charge in [-0.1, -0.05) is 29.8 Å². The highest BCUT2D eigenvalue weighted by molar-refractivity contribution is 7.92. The number of aryl methyl sites for hydroxylation is 2. The first kappa shape index (κ1) is 19.4. The third-order valence-electron chi connectivity index (χ3n) is 4.78. The van der Waals surface area contributed by atoms with E-state index in [-0.39, 0.29) is 11.7 Å². The highest BCUT2D eigenvalue weighted by Crippen LogP contribution is 2.25. The minimum atomic E-state index is -3.21. The molecule has 144 valence electrons. The molecule has 0 saturated carbocycles. The number of hydrogen-bond acceptors (Lipinski definition) is 3. The fourth-order valence-electron chi connectivity index (χ4n) is 3.22. The number of amides is 1. The van der Waals surface area contributed by atoms with E-state index in [1.807, 2.05) is 0 Å². The number of sulfonamides is 1. The van der Waals surface area contributed by atoms with E-state index in [0.29, 0.717) is 24.3 Å². The third-order valence-corrected chi connectivity index (χ3v) is 6.65. The van der Waals surface area contributed by atoms with E-state index >= 15 is 0 Å². The largest absolute Gasteiger partial charge is 0.326 e. The molecule has 27 heavy (non-hydrogen) atoms. The van der Waals surface area contributed by atoms with Crippen molar-refractivity contribution in [1.29, 1.82) is 0 Å². The van der Waals surface area contributed by atoms with Gasteiger partial charge in [0, 0.05) is 18.7 Å². The summed E-state index contributed by atoms with van der Waals surface area (Å²) < 4.78 is 25.8. The lowest BCUT2D eigenvalue weighted by Crippen LogP contribution is -2.37. The molecule has 0 radical (unpaired) electrons. The number of rotatable bonds is 6. The fraction of sp³-hybridized carbons (Fsp3) is 0.381. The van der Waals surface area contributed by atoms with Gasteiger partial charge in [0.05, 0.1) is 11.4 Å². The molecule has 0 unspecified atom stereocenters. The van der Waals surface area contributed by atoms with Crippen LogP contribution in [0.3, 0.4) is 0 Å². The average molecular weight is 387 g/mol. The molecule has 3 rings (SSSR count). The van der Waals surface area contributed by atoms with Crippen molar-refractivity contribution in [1.82, 2.24) is 0 Å². The van der Waals surface area contributed by atoms with E-state index in [0.717, 1.165) is 25.7 Å². The molecule has 2 aromatic carbocycles. The average Bonchev–Trinajstić information content (AvgIpc) is 2.64. The normalized spacial score (nSPS) is 16.1. The van der Waals surface area contributed by atoms with Crippen molar-refractivity contribution in [2.45, 2.75) is 39.0 Å². The maximum atomic E-state index is 12.2. The topological polar surface area (TPSA) is 66.5 Å². The summed E-state index contributed by atoms with van der Waals surface area (Å²) in [6.07, 6.45) is 3.71. The number of nitrogens with zero attached hydrogens (tertiary/aromatic N) is 1. The SMILES string of the molecule is Cc1ccc(CCCC(=O)Nc2ccc(N3CCCCS3(=O)=O)cc2)cc1. The molecule has 0 bridgehead atoms. The maximum Gasteiger partial charge on any atom is 0.235 e. The molecule has 5 nitrogen and oxygen atoms in total. The number of nitrogens with one attached hydrogen (secondary N) is 1. The summed E-state index contributed by atoms with van der Waals surface area (Å²) in [7, 11) is -3.21. The first-order valence-electron chi connectivity index (χ1n) is 9.40. The fourth-order valence-corrected chi connectivity index (χ4v) is 4.86. The Morgan fingerprint density at radius 1 is 1.04 bits per heavy atom. The predicted molar refractivity (Wildman–Crippen MR) is 110 cm³/mol. The second-order valence-electron chi connectivity index (χ2n) is 7.03. The highest BCUT2D eigenvalue weighted by Gasteiger charge is 2.25. The lowest BCUT2D eigenvalue weighted by molar-refractivity contribution is -0.116. The second kappa shape index (κ2) is 8.57. The molecule has 2 aromatic rings. The highest BCUT2D eigenvalue weighted by atomic mass is 32.2. The molecule has 0 atom stereocenters. The van der Waals surface area contributed by atoms with Gasteiger partial charge in [-0.2, -0.15) is 0 Å². The van der Waals surface area contributed by atoms with Crippen LogP contribution in [0.15, 0.2) is 48.5 Å². The molecule has 1 N–H and O–H groups in total. The first-order chi connectivity index (χ1) is 12.9. The zero-order valence-corrected chi connectivity index (χ0v) is 16.5. The van der Waals surface area contributed by atoms with Gasteiger partial charge >= 0.3 is 0 Å². The number of hydrogen-bond donors (Lipinski definition) is 1. The Bertz CT molecular complexity index is 875. The van der Waals surface area contributed by atoms with Crippen molar-refractivity contribution in [3.8, 4) is 0 Å². The summed E-state index contributed by atoms with van der Waals surface area (Å²) in [5, 5.41) is 2.88. The summed E-state index contributed by atoms with van der Waals surface area (Å²) in [6, 6.07) is 15.4. The van der Waals surface area contributed by atoms with E-state index in [4.69, 9.17) is 0 Å². The first-order valence-corrected chi connectivity index (χ1v) is 11.0. The summed E-state index contributed by atoms with van der Waals surface area (Å²) in [5.41, 5.74) is 3.82. The van der Waals surface area contributed by atoms with Crippen LogP contribution in [-0.2, 0) is 21.2 Å². The summed E-state index contributed by atoms with van der Waals surface area (Å²) in [4.78, 5) is 12.1. The van der Waals surface area contributed by atoms with Crippen molar-refractivity contribution in [2.24, 2.45) is 0 Å². The molecule has 1 heterocycles. The van der Waals surface area contributed by atoms with Crippen molar-refractivity contribution in [3.05, 3.63) is 59.7 Å². The third kappa shape index (κ3) is 5.32. The number of anilines is 2. The van der Waals surface area contributed by atoms with Crippen LogP contribution >= 0.6 is 0 Å². The summed E-state index contributed by atoms with van der Waals surface area (Å²) >= 11 is 0. The molecule has 1 saturated heterocycles. The van der Waals surface area contributed by atoms with Gasteiger partial charge in [-0.05, 0) is 62.4 Å². The Morgan fingerprint density at radius 2 is 1.74 bits per heavy atom. The summed E-state index contributed by atoms with van der Waals surface area (Å²) in [6.45, 7) is 2.58. The lowest BCUT2D eigenvalue weighted by atomic mass is 10.1. The van der Waals surface area contributed by atoms with Gasteiger partial charge in [0.1, 0.15) is 0 Å². The molecular weight excluding hydrogens is 360 g/mol. The van der Waals surface area contributed by atoms with Crippen LogP contribution in [0.4, 0.5) is 11.4 Å². The van der Waals surface area contributed by atoms with Crippen molar-refractivity contribution >= 4 is 27.3 Å². The second-order valence-corrected chi connectivity index (χ2v) is 9.04. The van der Waals surface area contributed by atoms with Gasteiger partial charge in [0.15, 0.2) is 0 Å². The Morgan fingerprint density at radius 3 is 2.41 bits per heavy atom. The smallest absolute Gasteiger partial charge is 0.235 e. The molecule has 1 fully saturated rings. The number of carbonyl (C=O) groups excluding carboxylic acids is 1. The molecular formula is C21H26N2O3S. The lowest BCUT2D eigenvalue weighted by Gasteiger charge is -2.28. The van der Waals surface area contributed by atoms with Gasteiger partial charge in [-0.15, -0.1) is 0 Å². The van der Waals surface area contributed by atoms with Crippen LogP contribution < -0.4 is 9.62 Å². The van der Waals surface area contributed by atoms with Crippen LogP contribution in [0.5, 0.6) is 0 Å². The number of carbonyl (C=O) groups is 1. The van der Waals surface area contributed by atoms with Gasteiger partial charge in [-0.3, -0.25) is 9.10 Å². The quantitative estimate of drug-likeness (QED) is 0.819. The van der Waals surface area contributed by atoms with Crippen LogP contribution in [0, 0.1) is 6.92 Å². The molecule has 0 aliphatic carbocycles. The van der Waals surface area contributed by atoms with E-state index in [9.17, 15) is 13.2 Å². The molecule has 1 amide bonds. The molecule has 1 aliphatic heterocycles. The zero-order valence-electron chi connectivity index (χ0n) is 15.6. The minimum absolute atomic E-state index is 0.0274. The Balaban J connectivity index is 1.50. The van der Waals surface area contributed by atoms with Crippen LogP contribution in [0.2, 0.25) is 0 Å². The van der Waals surface area contributed by atoms with Crippen molar-refractivity contribution in [2.75, 3.05) is 21.9 Å². The van der Waals surface area contributed by atoms with Crippen LogP contribution in [0.1, 0.15) is 36.8 Å². The van der Waals surface area contributed by atoms with Crippen molar-refractivity contribution < 1.29 is 13.2 Å². The molecule has 6 heteroatoms. The standard InChI is InChI=1S/C21H26N2O3S/c1-17-7-9-18(10-8-17)5-4-6-21(24)22-19-11-13-20(14-12-19)23-15-2-3-16-27(23,25)26/h7-14H,2-6,15-16H2,1H3,(H,22,24). The van der Waals surface area contributed by atoms with Crippen LogP contribution in [0.25, 0.3) is 0 Å². The monoisotopic (exact) mass is 386 g/mol. The van der Waals surface area contributed by atoms with E-state index < -0.39 is 10.0 Å². The van der Waals surface area contributed by atoms with Crippen molar-refractivity contribution in [3.63, 3.8) is 0 Å². The Kier molecular flexibility index (Phi) is 6.16. The molecule has 0 aromatic heterocycles. The van der Waals surface area contributed by atoms with E-state index in [1.54, 1.807) is 24.3 Å². The number of benzene rings is 2. The maximum absolute atomic E-state index is 12.2. The Labute approximate surface area is 161 Å². The molecule has 0 spiro atoms.